The highest BCUT2D eigenvalue weighted by Gasteiger charge is 2.30. The lowest BCUT2D eigenvalue weighted by Crippen LogP contribution is -2.07. The molecule has 4 nitrogen and oxygen atoms in total. The van der Waals surface area contributed by atoms with Gasteiger partial charge >= 0.3 is 6.18 Å². The lowest BCUT2D eigenvalue weighted by Gasteiger charge is -2.09. The number of aromatic nitrogens is 3. The van der Waals surface area contributed by atoms with Gasteiger partial charge in [0.2, 0.25) is 0 Å². The maximum Gasteiger partial charge on any atom is 0.416 e. The van der Waals surface area contributed by atoms with Crippen LogP contribution in [0.25, 0.3) is 5.69 Å². The molecule has 0 spiro atoms. The van der Waals surface area contributed by atoms with Gasteiger partial charge in [-0.05, 0) is 30.7 Å². The van der Waals surface area contributed by atoms with E-state index >= 15 is 0 Å². The first-order valence-corrected chi connectivity index (χ1v) is 5.81. The monoisotopic (exact) mass is 270 g/mol. The SMILES string of the molecule is CCCc1c(N)nnn1-c1ccc(C(F)(F)F)cc1. The molecule has 0 fully saturated rings. The minimum atomic E-state index is -4.34. The highest BCUT2D eigenvalue weighted by atomic mass is 19.4. The van der Waals surface area contributed by atoms with Crippen LogP contribution in [-0.2, 0) is 12.6 Å². The van der Waals surface area contributed by atoms with Crippen LogP contribution in [0.15, 0.2) is 24.3 Å². The smallest absolute Gasteiger partial charge is 0.381 e. The molecule has 0 unspecified atom stereocenters. The van der Waals surface area contributed by atoms with Gasteiger partial charge in [0.25, 0.3) is 0 Å². The molecule has 0 saturated carbocycles. The van der Waals surface area contributed by atoms with Gasteiger partial charge in [0.05, 0.1) is 16.9 Å². The van der Waals surface area contributed by atoms with Crippen molar-refractivity contribution in [1.29, 1.82) is 0 Å². The average molecular weight is 270 g/mol. The molecule has 7 heteroatoms. The van der Waals surface area contributed by atoms with E-state index in [4.69, 9.17) is 5.73 Å². The van der Waals surface area contributed by atoms with Gasteiger partial charge < -0.3 is 5.73 Å². The number of nitrogens with zero attached hydrogens (tertiary/aromatic N) is 3. The van der Waals surface area contributed by atoms with Crippen LogP contribution in [0, 0.1) is 0 Å². The number of rotatable bonds is 3. The molecular formula is C12H13F3N4. The number of benzene rings is 1. The molecule has 1 aromatic heterocycles. The fourth-order valence-electron chi connectivity index (χ4n) is 1.78. The van der Waals surface area contributed by atoms with Gasteiger partial charge in [0.1, 0.15) is 0 Å². The van der Waals surface area contributed by atoms with E-state index in [1.807, 2.05) is 6.92 Å². The van der Waals surface area contributed by atoms with Crippen LogP contribution in [0.5, 0.6) is 0 Å². The summed E-state index contributed by atoms with van der Waals surface area (Å²) in [5.74, 6) is 0.307. The van der Waals surface area contributed by atoms with E-state index in [9.17, 15) is 13.2 Å². The Morgan fingerprint density at radius 3 is 2.37 bits per heavy atom. The molecule has 2 aromatic rings. The molecular weight excluding hydrogens is 257 g/mol. The Bertz CT molecular complexity index is 557. The Morgan fingerprint density at radius 1 is 1.21 bits per heavy atom. The molecule has 0 saturated heterocycles. The Morgan fingerprint density at radius 2 is 1.84 bits per heavy atom. The predicted octanol–water partition coefficient (Wildman–Crippen LogP) is 2.82. The second kappa shape index (κ2) is 4.91. The van der Waals surface area contributed by atoms with Crippen molar-refractivity contribution >= 4 is 5.82 Å². The third-order valence-corrected chi connectivity index (χ3v) is 2.72. The van der Waals surface area contributed by atoms with Crippen molar-refractivity contribution in [2.24, 2.45) is 0 Å². The van der Waals surface area contributed by atoms with Gasteiger partial charge in [0, 0.05) is 0 Å². The summed E-state index contributed by atoms with van der Waals surface area (Å²) < 4.78 is 38.9. The maximum absolute atomic E-state index is 12.5. The Balaban J connectivity index is 2.38. The van der Waals surface area contributed by atoms with Gasteiger partial charge in [0.15, 0.2) is 5.82 Å². The zero-order valence-electron chi connectivity index (χ0n) is 10.3. The van der Waals surface area contributed by atoms with Crippen molar-refractivity contribution in [3.8, 4) is 5.69 Å². The summed E-state index contributed by atoms with van der Waals surface area (Å²) in [4.78, 5) is 0. The van der Waals surface area contributed by atoms with E-state index in [-0.39, 0.29) is 0 Å². The van der Waals surface area contributed by atoms with Crippen molar-refractivity contribution in [2.45, 2.75) is 25.9 Å². The standard InChI is InChI=1S/C12H13F3N4/c1-2-3-10-11(16)17-18-19(10)9-6-4-8(5-7-9)12(13,14)15/h4-7H,2-3,16H2,1H3. The van der Waals surface area contributed by atoms with Crippen LogP contribution in [-0.4, -0.2) is 15.0 Å². The molecule has 1 heterocycles. The Labute approximate surface area is 108 Å². The minimum absolute atomic E-state index is 0.307. The summed E-state index contributed by atoms with van der Waals surface area (Å²) in [6, 6.07) is 4.75. The first-order chi connectivity index (χ1) is 8.93. The molecule has 0 radical (unpaired) electrons. The van der Waals surface area contributed by atoms with Gasteiger partial charge in [-0.1, -0.05) is 18.6 Å². The molecule has 0 amide bonds. The number of hydrogen-bond donors (Lipinski definition) is 1. The summed E-state index contributed by atoms with van der Waals surface area (Å²) >= 11 is 0. The van der Waals surface area contributed by atoms with E-state index in [1.165, 1.54) is 16.8 Å². The van der Waals surface area contributed by atoms with Gasteiger partial charge in [-0.3, -0.25) is 0 Å². The molecule has 0 aliphatic heterocycles. The van der Waals surface area contributed by atoms with Gasteiger partial charge in [-0.25, -0.2) is 4.68 Å². The molecule has 0 atom stereocenters. The molecule has 0 aliphatic carbocycles. The fourth-order valence-corrected chi connectivity index (χ4v) is 1.78. The summed E-state index contributed by atoms with van der Waals surface area (Å²) in [5.41, 5.74) is 6.22. The maximum atomic E-state index is 12.5. The topological polar surface area (TPSA) is 56.7 Å². The Hall–Kier alpha value is -2.05. The fraction of sp³-hybridized carbons (Fsp3) is 0.333. The first kappa shape index (κ1) is 13.4. The molecule has 2 N–H and O–H groups in total. The van der Waals surface area contributed by atoms with Crippen LogP contribution in [0.2, 0.25) is 0 Å². The molecule has 19 heavy (non-hydrogen) atoms. The van der Waals surface area contributed by atoms with E-state index in [0.717, 1.165) is 18.6 Å². The van der Waals surface area contributed by atoms with Crippen LogP contribution in [0.1, 0.15) is 24.6 Å². The van der Waals surface area contributed by atoms with Crippen molar-refractivity contribution in [1.82, 2.24) is 15.0 Å². The summed E-state index contributed by atoms with van der Waals surface area (Å²) in [6.45, 7) is 1.98. The number of nitrogens with two attached hydrogens (primary N) is 1. The quantitative estimate of drug-likeness (QED) is 0.933. The first-order valence-electron chi connectivity index (χ1n) is 5.81. The Kier molecular flexibility index (Phi) is 3.46. The summed E-state index contributed by atoms with van der Waals surface area (Å²) in [5, 5.41) is 7.61. The lowest BCUT2D eigenvalue weighted by atomic mass is 10.2. The summed E-state index contributed by atoms with van der Waals surface area (Å²) in [7, 11) is 0. The van der Waals surface area contributed by atoms with Gasteiger partial charge in [-0.2, -0.15) is 13.2 Å². The molecule has 102 valence electrons. The predicted molar refractivity (Wildman–Crippen MR) is 64.8 cm³/mol. The van der Waals surface area contributed by atoms with Crippen molar-refractivity contribution in [2.75, 3.05) is 5.73 Å². The van der Waals surface area contributed by atoms with Crippen LogP contribution < -0.4 is 5.73 Å². The number of hydrogen-bond acceptors (Lipinski definition) is 3. The van der Waals surface area contributed by atoms with E-state index < -0.39 is 11.7 Å². The third kappa shape index (κ3) is 2.69. The molecule has 1 aromatic carbocycles. The van der Waals surface area contributed by atoms with Crippen molar-refractivity contribution in [3.05, 3.63) is 35.5 Å². The third-order valence-electron chi connectivity index (χ3n) is 2.72. The normalized spacial score (nSPS) is 11.8. The highest BCUT2D eigenvalue weighted by molar-refractivity contribution is 5.42. The second-order valence-electron chi connectivity index (χ2n) is 4.13. The van der Waals surface area contributed by atoms with Crippen molar-refractivity contribution < 1.29 is 13.2 Å². The molecule has 0 aliphatic rings. The lowest BCUT2D eigenvalue weighted by molar-refractivity contribution is -0.137. The average Bonchev–Trinajstić information content (AvgIpc) is 2.71. The van der Waals surface area contributed by atoms with E-state index in [2.05, 4.69) is 10.3 Å². The van der Waals surface area contributed by atoms with Crippen molar-refractivity contribution in [3.63, 3.8) is 0 Å². The zero-order chi connectivity index (χ0) is 14.0. The van der Waals surface area contributed by atoms with Crippen LogP contribution in [0.4, 0.5) is 19.0 Å². The largest absolute Gasteiger partial charge is 0.416 e. The number of anilines is 1. The van der Waals surface area contributed by atoms with Crippen LogP contribution in [0.3, 0.4) is 0 Å². The number of nitrogen functional groups attached to an aromatic ring is 1. The highest BCUT2D eigenvalue weighted by Crippen LogP contribution is 2.29. The zero-order valence-corrected chi connectivity index (χ0v) is 10.3. The minimum Gasteiger partial charge on any atom is -0.381 e. The van der Waals surface area contributed by atoms with E-state index in [1.54, 1.807) is 0 Å². The van der Waals surface area contributed by atoms with Crippen LogP contribution >= 0.6 is 0 Å². The van der Waals surface area contributed by atoms with E-state index in [0.29, 0.717) is 23.6 Å². The number of halogens is 3. The second-order valence-corrected chi connectivity index (χ2v) is 4.13. The van der Waals surface area contributed by atoms with Gasteiger partial charge in [-0.15, -0.1) is 5.10 Å². The molecule has 2 rings (SSSR count). The molecule has 0 bridgehead atoms. The number of alkyl halides is 3. The summed E-state index contributed by atoms with van der Waals surface area (Å²) in [6.07, 6.45) is -2.83.